The third-order valence-electron chi connectivity index (χ3n) is 4.61. The first-order chi connectivity index (χ1) is 12.7. The van der Waals surface area contributed by atoms with Crippen LogP contribution < -0.4 is 10.6 Å². The zero-order chi connectivity index (χ0) is 18.4. The zero-order valence-corrected chi connectivity index (χ0v) is 18.4. The molecule has 0 bridgehead atoms. The van der Waals surface area contributed by atoms with Crippen LogP contribution >= 0.6 is 24.0 Å². The van der Waals surface area contributed by atoms with Gasteiger partial charge in [0.2, 0.25) is 0 Å². The van der Waals surface area contributed by atoms with E-state index in [-0.39, 0.29) is 24.0 Å². The molecule has 1 heterocycles. The van der Waals surface area contributed by atoms with E-state index >= 15 is 0 Å². The van der Waals surface area contributed by atoms with E-state index in [0.717, 1.165) is 29.0 Å². The Morgan fingerprint density at radius 3 is 2.52 bits per heavy atom. The van der Waals surface area contributed by atoms with E-state index in [2.05, 4.69) is 83.0 Å². The highest BCUT2D eigenvalue weighted by atomic mass is 127. The second-order valence-corrected chi connectivity index (χ2v) is 6.61. The van der Waals surface area contributed by atoms with Crippen molar-refractivity contribution in [2.24, 2.45) is 4.99 Å². The first-order valence-corrected chi connectivity index (χ1v) is 9.01. The van der Waals surface area contributed by atoms with Crippen molar-refractivity contribution in [2.75, 3.05) is 13.6 Å². The number of para-hydroxylation sites is 1. The van der Waals surface area contributed by atoms with Crippen molar-refractivity contribution in [1.82, 2.24) is 15.6 Å². The third-order valence-corrected chi connectivity index (χ3v) is 4.61. The highest BCUT2D eigenvalue weighted by Crippen LogP contribution is 2.16. The number of nitrogens with zero attached hydrogens (tertiary/aromatic N) is 2. The molecule has 3 rings (SSSR count). The molecule has 27 heavy (non-hydrogen) atoms. The molecule has 2 N–H and O–H groups in total. The number of benzene rings is 2. The highest BCUT2D eigenvalue weighted by Gasteiger charge is 2.07. The molecule has 1 unspecified atom stereocenters. The molecule has 0 spiro atoms. The maximum Gasteiger partial charge on any atom is 0.191 e. The number of nitrogens with one attached hydrogen (secondary N) is 2. The van der Waals surface area contributed by atoms with Gasteiger partial charge in [0, 0.05) is 31.7 Å². The van der Waals surface area contributed by atoms with E-state index in [4.69, 9.17) is 0 Å². The van der Waals surface area contributed by atoms with Crippen LogP contribution in [-0.4, -0.2) is 24.5 Å². The SMILES string of the molecule is CN=C(NCc1cccc2cccnc12)NCC(C)c1ccc(C)cc1.I. The van der Waals surface area contributed by atoms with Crippen LogP contribution in [0.15, 0.2) is 65.8 Å². The number of aliphatic imine (C=N–C) groups is 1. The van der Waals surface area contributed by atoms with Crippen molar-refractivity contribution in [3.8, 4) is 0 Å². The number of pyridine rings is 1. The normalized spacial score (nSPS) is 12.3. The van der Waals surface area contributed by atoms with Gasteiger partial charge in [0.05, 0.1) is 5.52 Å². The van der Waals surface area contributed by atoms with Gasteiger partial charge in [-0.1, -0.05) is 61.0 Å². The number of aromatic nitrogens is 1. The monoisotopic (exact) mass is 474 g/mol. The molecule has 4 nitrogen and oxygen atoms in total. The van der Waals surface area contributed by atoms with Crippen molar-refractivity contribution in [2.45, 2.75) is 26.3 Å². The molecule has 1 atom stereocenters. The van der Waals surface area contributed by atoms with Crippen LogP contribution in [0.2, 0.25) is 0 Å². The van der Waals surface area contributed by atoms with Gasteiger partial charge in [-0.05, 0) is 30.0 Å². The summed E-state index contributed by atoms with van der Waals surface area (Å²) >= 11 is 0. The number of halogens is 1. The van der Waals surface area contributed by atoms with Crippen molar-refractivity contribution >= 4 is 40.8 Å². The Morgan fingerprint density at radius 1 is 1.04 bits per heavy atom. The molecule has 0 saturated carbocycles. The zero-order valence-electron chi connectivity index (χ0n) is 16.1. The summed E-state index contributed by atoms with van der Waals surface area (Å²) in [5.41, 5.74) is 4.82. The first kappa shape index (κ1) is 21.2. The molecule has 0 fully saturated rings. The van der Waals surface area contributed by atoms with E-state index in [1.54, 1.807) is 7.05 Å². The molecule has 1 aromatic heterocycles. The molecule has 5 heteroatoms. The lowest BCUT2D eigenvalue weighted by Crippen LogP contribution is -2.38. The van der Waals surface area contributed by atoms with Gasteiger partial charge in [-0.3, -0.25) is 9.98 Å². The first-order valence-electron chi connectivity index (χ1n) is 9.01. The van der Waals surface area contributed by atoms with Crippen LogP contribution in [-0.2, 0) is 6.54 Å². The van der Waals surface area contributed by atoms with Gasteiger partial charge in [0.1, 0.15) is 0 Å². The molecular weight excluding hydrogens is 447 g/mol. The van der Waals surface area contributed by atoms with Gasteiger partial charge in [-0.15, -0.1) is 24.0 Å². The number of hydrogen-bond donors (Lipinski definition) is 2. The summed E-state index contributed by atoms with van der Waals surface area (Å²) in [6, 6.07) is 19.0. The van der Waals surface area contributed by atoms with Crippen LogP contribution in [0.5, 0.6) is 0 Å². The third kappa shape index (κ3) is 5.66. The Bertz CT molecular complexity index is 885. The lowest BCUT2D eigenvalue weighted by molar-refractivity contribution is 0.699. The molecule has 3 aromatic rings. The predicted molar refractivity (Wildman–Crippen MR) is 125 cm³/mol. The summed E-state index contributed by atoms with van der Waals surface area (Å²) in [6.07, 6.45) is 1.84. The summed E-state index contributed by atoms with van der Waals surface area (Å²) in [5, 5.41) is 7.97. The Hall–Kier alpha value is -2.15. The molecule has 0 aliphatic heterocycles. The largest absolute Gasteiger partial charge is 0.356 e. The fourth-order valence-corrected chi connectivity index (χ4v) is 2.97. The number of guanidine groups is 1. The number of rotatable bonds is 5. The Kier molecular flexibility index (Phi) is 8.03. The van der Waals surface area contributed by atoms with Crippen LogP contribution in [0.4, 0.5) is 0 Å². The summed E-state index contributed by atoms with van der Waals surface area (Å²) < 4.78 is 0. The van der Waals surface area contributed by atoms with Crippen LogP contribution in [0, 0.1) is 6.92 Å². The summed E-state index contributed by atoms with van der Waals surface area (Å²) in [6.45, 7) is 5.85. The highest BCUT2D eigenvalue weighted by molar-refractivity contribution is 14.0. The van der Waals surface area contributed by atoms with Crippen molar-refractivity contribution in [1.29, 1.82) is 0 Å². The Balaban J connectivity index is 0.00000261. The van der Waals surface area contributed by atoms with Crippen LogP contribution in [0.1, 0.15) is 29.5 Å². The molecule has 0 amide bonds. The van der Waals surface area contributed by atoms with E-state index in [0.29, 0.717) is 12.5 Å². The minimum absolute atomic E-state index is 0. The Morgan fingerprint density at radius 2 is 1.78 bits per heavy atom. The predicted octanol–water partition coefficient (Wildman–Crippen LogP) is 4.63. The molecule has 0 saturated heterocycles. The van der Waals surface area contributed by atoms with Gasteiger partial charge in [-0.2, -0.15) is 0 Å². The number of fused-ring (bicyclic) bond motifs is 1. The van der Waals surface area contributed by atoms with Crippen molar-refractivity contribution < 1.29 is 0 Å². The summed E-state index contributed by atoms with van der Waals surface area (Å²) in [5.74, 6) is 1.21. The molecule has 142 valence electrons. The maximum atomic E-state index is 4.51. The standard InChI is InChI=1S/C22H26N4.HI/c1-16-9-11-18(12-10-16)17(2)14-25-22(23-3)26-15-20-7-4-6-19-8-5-13-24-21(19)20;/h4-13,17H,14-15H2,1-3H3,(H2,23,25,26);1H. The Labute approximate surface area is 178 Å². The van der Waals surface area contributed by atoms with Gasteiger partial charge in [0.15, 0.2) is 5.96 Å². The molecule has 0 radical (unpaired) electrons. The second-order valence-electron chi connectivity index (χ2n) is 6.61. The summed E-state index contributed by atoms with van der Waals surface area (Å²) in [7, 11) is 1.80. The minimum Gasteiger partial charge on any atom is -0.356 e. The fourth-order valence-electron chi connectivity index (χ4n) is 2.97. The van der Waals surface area contributed by atoms with Gasteiger partial charge >= 0.3 is 0 Å². The fraction of sp³-hybridized carbons (Fsp3) is 0.273. The van der Waals surface area contributed by atoms with Crippen molar-refractivity contribution in [3.63, 3.8) is 0 Å². The number of aryl methyl sites for hydroxylation is 1. The lowest BCUT2D eigenvalue weighted by Gasteiger charge is -2.17. The number of hydrogen-bond acceptors (Lipinski definition) is 2. The molecule has 0 aliphatic carbocycles. The average molecular weight is 474 g/mol. The average Bonchev–Trinajstić information content (AvgIpc) is 2.68. The minimum atomic E-state index is 0. The van der Waals surface area contributed by atoms with E-state index < -0.39 is 0 Å². The van der Waals surface area contributed by atoms with Gasteiger partial charge < -0.3 is 10.6 Å². The van der Waals surface area contributed by atoms with E-state index in [1.807, 2.05) is 12.3 Å². The molecular formula is C22H27IN4. The quantitative estimate of drug-likeness (QED) is 0.322. The van der Waals surface area contributed by atoms with Gasteiger partial charge in [-0.25, -0.2) is 0 Å². The second kappa shape index (κ2) is 10.3. The van der Waals surface area contributed by atoms with E-state index in [9.17, 15) is 0 Å². The molecule has 2 aromatic carbocycles. The smallest absolute Gasteiger partial charge is 0.191 e. The summed E-state index contributed by atoms with van der Waals surface area (Å²) in [4.78, 5) is 8.84. The maximum absolute atomic E-state index is 4.51. The van der Waals surface area contributed by atoms with Crippen LogP contribution in [0.25, 0.3) is 10.9 Å². The van der Waals surface area contributed by atoms with Gasteiger partial charge in [0.25, 0.3) is 0 Å². The molecule has 0 aliphatic rings. The topological polar surface area (TPSA) is 49.3 Å². The van der Waals surface area contributed by atoms with E-state index in [1.165, 1.54) is 11.1 Å². The van der Waals surface area contributed by atoms with Crippen LogP contribution in [0.3, 0.4) is 0 Å². The lowest BCUT2D eigenvalue weighted by atomic mass is 10.0. The van der Waals surface area contributed by atoms with Crippen molar-refractivity contribution in [3.05, 3.63) is 77.5 Å².